The molecule has 7 heteroatoms. The molecule has 17 heavy (non-hydrogen) atoms. The van der Waals surface area contributed by atoms with Gasteiger partial charge in [0.2, 0.25) is 9.84 Å². The molecule has 0 aromatic heterocycles. The van der Waals surface area contributed by atoms with Crippen molar-refractivity contribution in [3.8, 4) is 0 Å². The third-order valence-corrected chi connectivity index (χ3v) is 3.48. The van der Waals surface area contributed by atoms with Gasteiger partial charge in [-0.05, 0) is 30.7 Å². The lowest BCUT2D eigenvalue weighted by atomic mass is 10.3. The van der Waals surface area contributed by atoms with Crippen molar-refractivity contribution >= 4 is 15.5 Å². The smallest absolute Gasteiger partial charge is 0.341 e. The van der Waals surface area contributed by atoms with Crippen molar-refractivity contribution in [3.63, 3.8) is 0 Å². The minimum Gasteiger partial charge on any atom is -0.396 e. The second kappa shape index (κ2) is 5.92. The molecule has 0 saturated heterocycles. The molecular formula is C10H13F2NO3S. The normalized spacial score (nSPS) is 11.8. The lowest BCUT2D eigenvalue weighted by Crippen LogP contribution is -2.11. The number of rotatable bonds is 6. The summed E-state index contributed by atoms with van der Waals surface area (Å²) in [6.07, 6.45) is 0.553. The number of anilines is 1. The monoisotopic (exact) mass is 265 g/mol. The van der Waals surface area contributed by atoms with Gasteiger partial charge in [-0.1, -0.05) is 0 Å². The maximum atomic E-state index is 12.2. The van der Waals surface area contributed by atoms with Gasteiger partial charge in [-0.3, -0.25) is 0 Å². The van der Waals surface area contributed by atoms with Crippen molar-refractivity contribution < 1.29 is 22.3 Å². The second-order valence-electron chi connectivity index (χ2n) is 3.33. The summed E-state index contributed by atoms with van der Waals surface area (Å²) in [5, 5.41) is 11.5. The van der Waals surface area contributed by atoms with Crippen LogP contribution in [0.15, 0.2) is 29.2 Å². The van der Waals surface area contributed by atoms with Crippen LogP contribution in [-0.2, 0) is 9.84 Å². The minimum absolute atomic E-state index is 0.0465. The van der Waals surface area contributed by atoms with Gasteiger partial charge in [0, 0.05) is 18.8 Å². The Bertz CT molecular complexity index is 445. The highest BCUT2D eigenvalue weighted by Gasteiger charge is 2.26. The molecule has 0 atom stereocenters. The van der Waals surface area contributed by atoms with Gasteiger partial charge in [-0.15, -0.1) is 0 Å². The maximum absolute atomic E-state index is 12.2. The van der Waals surface area contributed by atoms with E-state index in [9.17, 15) is 17.2 Å². The molecule has 0 saturated carbocycles. The van der Waals surface area contributed by atoms with E-state index in [1.54, 1.807) is 0 Å². The van der Waals surface area contributed by atoms with E-state index in [0.29, 0.717) is 18.7 Å². The predicted molar refractivity (Wildman–Crippen MR) is 59.8 cm³/mol. The fourth-order valence-electron chi connectivity index (χ4n) is 1.18. The van der Waals surface area contributed by atoms with Crippen LogP contribution in [0.25, 0.3) is 0 Å². The summed E-state index contributed by atoms with van der Waals surface area (Å²) >= 11 is 0. The Hall–Kier alpha value is -1.21. The summed E-state index contributed by atoms with van der Waals surface area (Å²) in [5.41, 5.74) is 0.617. The highest BCUT2D eigenvalue weighted by molar-refractivity contribution is 7.91. The van der Waals surface area contributed by atoms with E-state index in [4.69, 9.17) is 5.11 Å². The lowest BCUT2D eigenvalue weighted by Gasteiger charge is -2.07. The Kier molecular flexibility index (Phi) is 4.83. The molecule has 0 aliphatic carbocycles. The molecule has 0 bridgehead atoms. The summed E-state index contributed by atoms with van der Waals surface area (Å²) in [6.45, 7) is 0.572. The molecule has 0 amide bonds. The van der Waals surface area contributed by atoms with E-state index in [2.05, 4.69) is 5.32 Å². The fraction of sp³-hybridized carbons (Fsp3) is 0.400. The molecule has 1 aromatic rings. The molecule has 1 rings (SSSR count). The summed E-state index contributed by atoms with van der Waals surface area (Å²) in [6, 6.07) is 5.07. The Morgan fingerprint density at radius 3 is 2.29 bits per heavy atom. The molecule has 0 spiro atoms. The van der Waals surface area contributed by atoms with Crippen molar-refractivity contribution in [1.82, 2.24) is 0 Å². The minimum atomic E-state index is -4.52. The summed E-state index contributed by atoms with van der Waals surface area (Å²) in [4.78, 5) is -0.403. The van der Waals surface area contributed by atoms with E-state index in [1.165, 1.54) is 12.1 Å². The van der Waals surface area contributed by atoms with E-state index in [-0.39, 0.29) is 6.61 Å². The first-order valence-electron chi connectivity index (χ1n) is 4.95. The number of aliphatic hydroxyl groups is 1. The zero-order valence-electron chi connectivity index (χ0n) is 8.94. The number of aliphatic hydroxyl groups excluding tert-OH is 1. The van der Waals surface area contributed by atoms with Crippen molar-refractivity contribution in [2.75, 3.05) is 18.5 Å². The molecule has 0 aliphatic heterocycles. The summed E-state index contributed by atoms with van der Waals surface area (Å²) < 4.78 is 46.6. The van der Waals surface area contributed by atoms with Gasteiger partial charge < -0.3 is 10.4 Å². The van der Waals surface area contributed by atoms with Crippen LogP contribution in [0.1, 0.15) is 6.42 Å². The Balaban J connectivity index is 2.75. The van der Waals surface area contributed by atoms with E-state index in [0.717, 1.165) is 12.1 Å². The van der Waals surface area contributed by atoms with Gasteiger partial charge in [-0.2, -0.15) is 8.78 Å². The summed E-state index contributed by atoms with van der Waals surface area (Å²) in [5.74, 6) is -3.41. The first-order chi connectivity index (χ1) is 7.98. The Labute approximate surface area is 98.2 Å². The largest absolute Gasteiger partial charge is 0.396 e. The standard InChI is InChI=1S/C10H13F2NO3S/c11-10(12)17(15,16)9-4-2-8(3-5-9)13-6-1-7-14/h2-5,10,13-14H,1,6-7H2. The van der Waals surface area contributed by atoms with Crippen LogP contribution in [-0.4, -0.2) is 32.4 Å². The molecule has 96 valence electrons. The molecule has 4 nitrogen and oxygen atoms in total. The van der Waals surface area contributed by atoms with Gasteiger partial charge in [0.15, 0.2) is 0 Å². The van der Waals surface area contributed by atoms with Gasteiger partial charge in [0.25, 0.3) is 0 Å². The van der Waals surface area contributed by atoms with Crippen LogP contribution in [0.5, 0.6) is 0 Å². The molecule has 0 fully saturated rings. The van der Waals surface area contributed by atoms with Gasteiger partial charge in [0.05, 0.1) is 4.90 Å². The number of benzene rings is 1. The number of hydrogen-bond acceptors (Lipinski definition) is 4. The van der Waals surface area contributed by atoms with Gasteiger partial charge in [-0.25, -0.2) is 8.42 Å². The first kappa shape index (κ1) is 13.9. The van der Waals surface area contributed by atoms with Crippen LogP contribution in [0, 0.1) is 0 Å². The number of alkyl halides is 2. The zero-order valence-corrected chi connectivity index (χ0v) is 9.75. The van der Waals surface area contributed by atoms with Crippen LogP contribution in [0.4, 0.5) is 14.5 Å². The highest BCUT2D eigenvalue weighted by Crippen LogP contribution is 2.20. The Morgan fingerprint density at radius 1 is 1.24 bits per heavy atom. The highest BCUT2D eigenvalue weighted by atomic mass is 32.2. The molecule has 1 aromatic carbocycles. The molecule has 0 unspecified atom stereocenters. The SMILES string of the molecule is O=S(=O)(c1ccc(NCCCO)cc1)C(F)F. The first-order valence-corrected chi connectivity index (χ1v) is 6.50. The Morgan fingerprint density at radius 2 is 1.82 bits per heavy atom. The lowest BCUT2D eigenvalue weighted by molar-refractivity contribution is 0.234. The third-order valence-electron chi connectivity index (χ3n) is 2.08. The number of nitrogens with one attached hydrogen (secondary N) is 1. The van der Waals surface area contributed by atoms with Crippen LogP contribution in [0.3, 0.4) is 0 Å². The molecular weight excluding hydrogens is 252 g/mol. The topological polar surface area (TPSA) is 66.4 Å². The van der Waals surface area contributed by atoms with E-state index >= 15 is 0 Å². The van der Waals surface area contributed by atoms with E-state index < -0.39 is 20.5 Å². The van der Waals surface area contributed by atoms with Crippen LogP contribution >= 0.6 is 0 Å². The average Bonchev–Trinajstić information content (AvgIpc) is 2.30. The van der Waals surface area contributed by atoms with Crippen molar-refractivity contribution in [3.05, 3.63) is 24.3 Å². The van der Waals surface area contributed by atoms with Gasteiger partial charge >= 0.3 is 5.76 Å². The third kappa shape index (κ3) is 3.64. The van der Waals surface area contributed by atoms with Crippen molar-refractivity contribution in [2.24, 2.45) is 0 Å². The number of halogens is 2. The molecule has 0 heterocycles. The molecule has 0 radical (unpaired) electrons. The second-order valence-corrected chi connectivity index (χ2v) is 5.25. The zero-order chi connectivity index (χ0) is 12.9. The van der Waals surface area contributed by atoms with Crippen LogP contribution in [0.2, 0.25) is 0 Å². The van der Waals surface area contributed by atoms with Crippen molar-refractivity contribution in [1.29, 1.82) is 0 Å². The summed E-state index contributed by atoms with van der Waals surface area (Å²) in [7, 11) is -4.52. The quantitative estimate of drug-likeness (QED) is 0.764. The number of sulfone groups is 1. The maximum Gasteiger partial charge on any atom is 0.341 e. The van der Waals surface area contributed by atoms with E-state index in [1.807, 2.05) is 0 Å². The molecule has 2 N–H and O–H groups in total. The average molecular weight is 265 g/mol. The predicted octanol–water partition coefficient (Wildman–Crippen LogP) is 1.48. The van der Waals surface area contributed by atoms with Crippen LogP contribution < -0.4 is 5.32 Å². The molecule has 0 aliphatic rings. The van der Waals surface area contributed by atoms with Gasteiger partial charge in [0.1, 0.15) is 0 Å². The fourth-order valence-corrected chi connectivity index (χ4v) is 1.90. The number of hydrogen-bond donors (Lipinski definition) is 2. The van der Waals surface area contributed by atoms with Crippen molar-refractivity contribution in [2.45, 2.75) is 17.1 Å².